The molecule has 0 bridgehead atoms. The van der Waals surface area contributed by atoms with Gasteiger partial charge in [-0.3, -0.25) is 9.79 Å². The summed E-state index contributed by atoms with van der Waals surface area (Å²) in [7, 11) is 1.80. The van der Waals surface area contributed by atoms with Gasteiger partial charge in [0.2, 0.25) is 0 Å². The van der Waals surface area contributed by atoms with E-state index in [-0.39, 0.29) is 5.91 Å². The van der Waals surface area contributed by atoms with Gasteiger partial charge in [-0.2, -0.15) is 0 Å². The number of aliphatic imine (C=N–C) groups is 1. The highest BCUT2D eigenvalue weighted by Crippen LogP contribution is 2.26. The van der Waals surface area contributed by atoms with Crippen LogP contribution in [0.15, 0.2) is 53.5 Å². The van der Waals surface area contributed by atoms with Gasteiger partial charge in [0.25, 0.3) is 5.91 Å². The third-order valence-electron chi connectivity index (χ3n) is 4.96. The van der Waals surface area contributed by atoms with Crippen LogP contribution in [0.5, 0.6) is 0 Å². The van der Waals surface area contributed by atoms with Crippen LogP contribution >= 0.6 is 11.6 Å². The van der Waals surface area contributed by atoms with Crippen LogP contribution in [0.3, 0.4) is 0 Å². The van der Waals surface area contributed by atoms with Crippen molar-refractivity contribution in [2.45, 2.75) is 13.5 Å². The third kappa shape index (κ3) is 5.41. The SMILES string of the molecule is CCNC(=O)c1cccc(CNC(=NC)N2CCN(c3ccccc3Cl)CC2)c1. The molecule has 0 aliphatic carbocycles. The fraction of sp³-hybridized carbons (Fsp3) is 0.364. The number of para-hydroxylation sites is 1. The van der Waals surface area contributed by atoms with E-state index in [1.165, 1.54) is 0 Å². The summed E-state index contributed by atoms with van der Waals surface area (Å²) in [5, 5.41) is 7.04. The van der Waals surface area contributed by atoms with Gasteiger partial charge in [-0.05, 0) is 36.8 Å². The summed E-state index contributed by atoms with van der Waals surface area (Å²) in [5.41, 5.74) is 2.80. The zero-order valence-electron chi connectivity index (χ0n) is 17.0. The standard InChI is InChI=1S/C22H28ClN5O/c1-3-25-21(29)18-8-6-7-17(15-18)16-26-22(24-2)28-13-11-27(12-14-28)20-10-5-4-9-19(20)23/h4-10,15H,3,11-14,16H2,1-2H3,(H,24,26)(H,25,29). The monoisotopic (exact) mass is 413 g/mol. The van der Waals surface area contributed by atoms with E-state index in [0.29, 0.717) is 18.7 Å². The zero-order chi connectivity index (χ0) is 20.6. The molecule has 0 radical (unpaired) electrons. The number of hydrogen-bond acceptors (Lipinski definition) is 3. The molecule has 3 rings (SSSR count). The number of benzene rings is 2. The zero-order valence-corrected chi connectivity index (χ0v) is 17.7. The summed E-state index contributed by atoms with van der Waals surface area (Å²) in [6, 6.07) is 15.6. The van der Waals surface area contributed by atoms with Crippen LogP contribution in [-0.4, -0.2) is 56.5 Å². The highest BCUT2D eigenvalue weighted by Gasteiger charge is 2.21. The maximum atomic E-state index is 12.0. The van der Waals surface area contributed by atoms with Gasteiger partial charge in [-0.15, -0.1) is 0 Å². The first kappa shape index (κ1) is 21.0. The van der Waals surface area contributed by atoms with E-state index in [1.807, 2.05) is 49.4 Å². The topological polar surface area (TPSA) is 60.0 Å². The summed E-state index contributed by atoms with van der Waals surface area (Å²) < 4.78 is 0. The van der Waals surface area contributed by atoms with Crippen LogP contribution in [0.1, 0.15) is 22.8 Å². The summed E-state index contributed by atoms with van der Waals surface area (Å²) in [4.78, 5) is 21.0. The molecule has 1 fully saturated rings. The molecule has 0 atom stereocenters. The van der Waals surface area contributed by atoms with Crippen molar-refractivity contribution in [3.8, 4) is 0 Å². The molecule has 1 saturated heterocycles. The highest BCUT2D eigenvalue weighted by molar-refractivity contribution is 6.33. The number of nitrogens with zero attached hydrogens (tertiary/aromatic N) is 3. The molecule has 154 valence electrons. The van der Waals surface area contributed by atoms with Crippen molar-refractivity contribution in [1.82, 2.24) is 15.5 Å². The molecule has 1 aliphatic rings. The van der Waals surface area contributed by atoms with Crippen molar-refractivity contribution in [3.63, 3.8) is 0 Å². The number of carbonyl (C=O) groups is 1. The van der Waals surface area contributed by atoms with Gasteiger partial charge in [-0.1, -0.05) is 35.9 Å². The lowest BCUT2D eigenvalue weighted by molar-refractivity contribution is 0.0955. The van der Waals surface area contributed by atoms with Crippen LogP contribution in [0.4, 0.5) is 5.69 Å². The van der Waals surface area contributed by atoms with Gasteiger partial charge in [0.15, 0.2) is 5.96 Å². The first-order valence-corrected chi connectivity index (χ1v) is 10.3. The minimum Gasteiger partial charge on any atom is -0.367 e. The van der Waals surface area contributed by atoms with E-state index in [9.17, 15) is 4.79 Å². The fourth-order valence-corrected chi connectivity index (χ4v) is 3.72. The number of rotatable bonds is 5. The summed E-state index contributed by atoms with van der Waals surface area (Å²) in [6.45, 7) is 6.65. The summed E-state index contributed by atoms with van der Waals surface area (Å²) >= 11 is 6.34. The van der Waals surface area contributed by atoms with Crippen molar-refractivity contribution < 1.29 is 4.79 Å². The molecule has 29 heavy (non-hydrogen) atoms. The van der Waals surface area contributed by atoms with Crippen LogP contribution in [-0.2, 0) is 6.54 Å². The van der Waals surface area contributed by atoms with E-state index < -0.39 is 0 Å². The van der Waals surface area contributed by atoms with Crippen LogP contribution in [0, 0.1) is 0 Å². The maximum Gasteiger partial charge on any atom is 0.251 e. The first-order valence-electron chi connectivity index (χ1n) is 9.94. The molecule has 7 heteroatoms. The Bertz CT molecular complexity index is 862. The molecule has 6 nitrogen and oxygen atoms in total. The Balaban J connectivity index is 1.56. The number of amides is 1. The molecule has 2 N–H and O–H groups in total. The lowest BCUT2D eigenvalue weighted by Crippen LogP contribution is -2.52. The first-order chi connectivity index (χ1) is 14.1. The number of guanidine groups is 1. The van der Waals surface area contributed by atoms with Gasteiger partial charge >= 0.3 is 0 Å². The smallest absolute Gasteiger partial charge is 0.251 e. The number of nitrogens with one attached hydrogen (secondary N) is 2. The second-order valence-corrected chi connectivity index (χ2v) is 7.29. The van der Waals surface area contributed by atoms with Crippen LogP contribution in [0.2, 0.25) is 5.02 Å². The molecule has 1 amide bonds. The molecule has 0 spiro atoms. The number of anilines is 1. The summed E-state index contributed by atoms with van der Waals surface area (Å²) in [5.74, 6) is 0.821. The molecule has 0 saturated carbocycles. The minimum absolute atomic E-state index is 0.0468. The largest absolute Gasteiger partial charge is 0.367 e. The Labute approximate surface area is 177 Å². The number of carbonyl (C=O) groups excluding carboxylic acids is 1. The molecule has 2 aromatic carbocycles. The van der Waals surface area contributed by atoms with Gasteiger partial charge in [0.1, 0.15) is 0 Å². The number of halogens is 1. The normalized spacial score (nSPS) is 14.7. The molecule has 0 aromatic heterocycles. The second kappa shape index (κ2) is 10.2. The van der Waals surface area contributed by atoms with E-state index >= 15 is 0 Å². The van der Waals surface area contributed by atoms with Crippen LogP contribution < -0.4 is 15.5 Å². The predicted octanol–water partition coefficient (Wildman–Crippen LogP) is 2.99. The van der Waals surface area contributed by atoms with Gasteiger partial charge in [-0.25, -0.2) is 0 Å². The van der Waals surface area contributed by atoms with Crippen molar-refractivity contribution in [2.24, 2.45) is 4.99 Å². The Morgan fingerprint density at radius 2 is 1.83 bits per heavy atom. The summed E-state index contributed by atoms with van der Waals surface area (Å²) in [6.07, 6.45) is 0. The van der Waals surface area contributed by atoms with E-state index in [4.69, 9.17) is 11.6 Å². The van der Waals surface area contributed by atoms with E-state index in [2.05, 4.69) is 31.5 Å². The number of piperazine rings is 1. The second-order valence-electron chi connectivity index (χ2n) is 6.89. The van der Waals surface area contributed by atoms with E-state index in [1.54, 1.807) is 7.05 Å². The maximum absolute atomic E-state index is 12.0. The lowest BCUT2D eigenvalue weighted by Gasteiger charge is -2.38. The average Bonchev–Trinajstić information content (AvgIpc) is 2.75. The van der Waals surface area contributed by atoms with Gasteiger partial charge in [0, 0.05) is 51.9 Å². The Morgan fingerprint density at radius 1 is 1.07 bits per heavy atom. The average molecular weight is 414 g/mol. The van der Waals surface area contributed by atoms with Gasteiger partial charge < -0.3 is 20.4 Å². The molecular weight excluding hydrogens is 386 g/mol. The van der Waals surface area contributed by atoms with Crippen molar-refractivity contribution in [3.05, 3.63) is 64.7 Å². The molecule has 1 aliphatic heterocycles. The Kier molecular flexibility index (Phi) is 7.36. The van der Waals surface area contributed by atoms with Crippen molar-refractivity contribution >= 4 is 29.2 Å². The Hall–Kier alpha value is -2.73. The predicted molar refractivity (Wildman–Crippen MR) is 120 cm³/mol. The van der Waals surface area contributed by atoms with E-state index in [0.717, 1.165) is 48.4 Å². The fourth-order valence-electron chi connectivity index (χ4n) is 3.47. The van der Waals surface area contributed by atoms with Gasteiger partial charge in [0.05, 0.1) is 10.7 Å². The van der Waals surface area contributed by atoms with Crippen LogP contribution in [0.25, 0.3) is 0 Å². The van der Waals surface area contributed by atoms with Crippen molar-refractivity contribution in [2.75, 3.05) is 44.7 Å². The lowest BCUT2D eigenvalue weighted by atomic mass is 10.1. The molecule has 0 unspecified atom stereocenters. The molecule has 2 aromatic rings. The minimum atomic E-state index is -0.0468. The van der Waals surface area contributed by atoms with Crippen molar-refractivity contribution in [1.29, 1.82) is 0 Å². The molecular formula is C22H28ClN5O. The Morgan fingerprint density at radius 3 is 2.52 bits per heavy atom. The third-order valence-corrected chi connectivity index (χ3v) is 5.28. The molecule has 1 heterocycles. The highest BCUT2D eigenvalue weighted by atomic mass is 35.5. The quantitative estimate of drug-likeness (QED) is 0.584. The number of hydrogen-bond donors (Lipinski definition) is 2.